The Balaban J connectivity index is 0.000000151. The van der Waals surface area contributed by atoms with Crippen LogP contribution >= 0.6 is 11.6 Å². The molecule has 0 atom stereocenters. The van der Waals surface area contributed by atoms with Crippen molar-refractivity contribution in [2.45, 2.75) is 13.8 Å². The minimum absolute atomic E-state index is 0.143. The lowest BCUT2D eigenvalue weighted by atomic mass is 9.33. The third-order valence-corrected chi connectivity index (χ3v) is 15.6. The van der Waals surface area contributed by atoms with Gasteiger partial charge in [-0.15, -0.1) is 0 Å². The number of nitrogens with zero attached hydrogens (tertiary/aromatic N) is 4. The van der Waals surface area contributed by atoms with E-state index in [4.69, 9.17) is 11.6 Å². The summed E-state index contributed by atoms with van der Waals surface area (Å²) >= 11 is 7.50. The number of fused-ring (bicyclic) bond motifs is 4. The molecule has 0 amide bonds. The first-order chi connectivity index (χ1) is 39.5. The number of para-hydroxylation sites is 8. The summed E-state index contributed by atoms with van der Waals surface area (Å²) in [5.41, 5.74) is 24.4. The van der Waals surface area contributed by atoms with Gasteiger partial charge in [-0.1, -0.05) is 217 Å². The van der Waals surface area contributed by atoms with Gasteiger partial charge in [0.15, 0.2) is 0 Å². The molecule has 0 N–H and O–H groups in total. The van der Waals surface area contributed by atoms with Gasteiger partial charge in [0, 0.05) is 56.9 Å². The zero-order valence-electron chi connectivity index (χ0n) is 44.6. The third kappa shape index (κ3) is 9.48. The highest BCUT2D eigenvalue weighted by molar-refractivity contribution is 7.00. The van der Waals surface area contributed by atoms with Crippen molar-refractivity contribution in [2.24, 2.45) is 0 Å². The molecular weight excluding hydrogens is 991 g/mol. The topological polar surface area (TPSA) is 13.0 Å². The van der Waals surface area contributed by atoms with Crippen LogP contribution in [0.15, 0.2) is 303 Å². The second kappa shape index (κ2) is 21.9. The minimum Gasteiger partial charge on any atom is -0.311 e. The molecule has 382 valence electrons. The van der Waals surface area contributed by atoms with Crippen LogP contribution < -0.4 is 36.0 Å². The van der Waals surface area contributed by atoms with E-state index < -0.39 is 0 Å². The van der Waals surface area contributed by atoms with Crippen LogP contribution in [-0.2, 0) is 0 Å². The van der Waals surface area contributed by atoms with E-state index in [2.05, 4.69) is 312 Å². The summed E-state index contributed by atoms with van der Waals surface area (Å²) in [6.45, 7) is 4.40. The van der Waals surface area contributed by atoms with Gasteiger partial charge in [0.2, 0.25) is 0 Å². The first-order valence-corrected chi connectivity index (χ1v) is 27.7. The van der Waals surface area contributed by atoms with Crippen LogP contribution in [0.25, 0.3) is 22.3 Å². The second-order valence-corrected chi connectivity index (χ2v) is 20.8. The average molecular weight is 1050 g/mol. The Labute approximate surface area is 475 Å². The lowest BCUT2D eigenvalue weighted by Gasteiger charge is -2.44. The molecule has 0 radical (unpaired) electrons. The molecule has 0 aromatic heterocycles. The van der Waals surface area contributed by atoms with Gasteiger partial charge in [0.1, 0.15) is 0 Å². The fraction of sp³-hybridized carbons (Fsp3) is 0.0270. The Bertz CT molecular complexity index is 3750. The monoisotopic (exact) mass is 1050 g/mol. The highest BCUT2D eigenvalue weighted by Crippen LogP contribution is 2.50. The second-order valence-electron chi connectivity index (χ2n) is 20.4. The minimum atomic E-state index is 0.143. The van der Waals surface area contributed by atoms with E-state index in [0.29, 0.717) is 5.02 Å². The summed E-state index contributed by atoms with van der Waals surface area (Å²) in [4.78, 5) is 9.38. The van der Waals surface area contributed by atoms with Gasteiger partial charge < -0.3 is 19.6 Å². The van der Waals surface area contributed by atoms with Crippen LogP contribution in [0.4, 0.5) is 68.2 Å². The molecule has 6 heteroatoms. The van der Waals surface area contributed by atoms with E-state index in [1.807, 2.05) is 24.3 Å². The van der Waals surface area contributed by atoms with Crippen molar-refractivity contribution in [1.29, 1.82) is 0 Å². The number of rotatable bonds is 10. The van der Waals surface area contributed by atoms with E-state index in [1.54, 1.807) is 0 Å². The number of aryl methyl sites for hydroxylation is 2. The first-order valence-electron chi connectivity index (χ1n) is 27.3. The Hall–Kier alpha value is -9.81. The van der Waals surface area contributed by atoms with Crippen LogP contribution in [0, 0.1) is 13.8 Å². The van der Waals surface area contributed by atoms with Crippen molar-refractivity contribution in [2.75, 3.05) is 19.6 Å². The lowest BCUT2D eigenvalue weighted by Crippen LogP contribution is -2.61. The molecule has 0 saturated carbocycles. The van der Waals surface area contributed by atoms with Crippen molar-refractivity contribution in [1.82, 2.24) is 0 Å². The number of benzene rings is 12. The molecule has 0 spiro atoms. The van der Waals surface area contributed by atoms with Gasteiger partial charge in [-0.2, -0.15) is 0 Å². The van der Waals surface area contributed by atoms with Crippen LogP contribution in [0.5, 0.6) is 0 Å². The van der Waals surface area contributed by atoms with Crippen LogP contribution in [-0.4, -0.2) is 6.71 Å². The molecule has 0 fully saturated rings. The number of hydrogen-bond donors (Lipinski definition) is 0. The zero-order chi connectivity index (χ0) is 53.9. The number of halogens is 1. The third-order valence-electron chi connectivity index (χ3n) is 15.3. The molecule has 2 heterocycles. The molecule has 0 unspecified atom stereocenters. The van der Waals surface area contributed by atoms with Gasteiger partial charge in [-0.05, 0) is 162 Å². The van der Waals surface area contributed by atoms with E-state index in [0.717, 1.165) is 45.3 Å². The quantitative estimate of drug-likeness (QED) is 0.127. The van der Waals surface area contributed by atoms with Crippen molar-refractivity contribution in [3.8, 4) is 22.3 Å². The predicted octanol–water partition coefficient (Wildman–Crippen LogP) is 19.0. The van der Waals surface area contributed by atoms with Crippen LogP contribution in [0.2, 0.25) is 5.02 Å². The molecule has 80 heavy (non-hydrogen) atoms. The smallest absolute Gasteiger partial charge is 0.252 e. The maximum absolute atomic E-state index is 7.50. The van der Waals surface area contributed by atoms with Gasteiger partial charge in [-0.25, -0.2) is 0 Å². The van der Waals surface area contributed by atoms with E-state index in [1.165, 1.54) is 72.8 Å². The summed E-state index contributed by atoms with van der Waals surface area (Å²) in [6.07, 6.45) is 0. The Kier molecular flexibility index (Phi) is 13.6. The molecule has 12 aromatic rings. The lowest BCUT2D eigenvalue weighted by molar-refractivity contribution is 1.25. The molecule has 14 rings (SSSR count). The fourth-order valence-corrected chi connectivity index (χ4v) is 11.8. The summed E-state index contributed by atoms with van der Waals surface area (Å²) in [5.74, 6) is 0. The summed E-state index contributed by atoms with van der Waals surface area (Å²) in [5, 5.41) is 0.663. The van der Waals surface area contributed by atoms with Gasteiger partial charge >= 0.3 is 0 Å². The maximum atomic E-state index is 7.50. The molecule has 0 saturated heterocycles. The highest BCUT2D eigenvalue weighted by Gasteiger charge is 2.43. The van der Waals surface area contributed by atoms with E-state index in [-0.39, 0.29) is 6.71 Å². The average Bonchev–Trinajstić information content (AvgIpc) is 3.70. The SMILES string of the molecule is Cc1ccc(-c2cc(N(c3ccccc3)c3ccccc3)c(Cl)c(N(c3ccccc3)c3ccccc3)c2)cc1.Cc1ccc(-c2cc3c4c(c2)N(c2ccccc2)c2ccccc2B4c2ccccc2N3c2ccccc2)cc1. The summed E-state index contributed by atoms with van der Waals surface area (Å²) in [7, 11) is 0. The van der Waals surface area contributed by atoms with Crippen molar-refractivity contribution < 1.29 is 0 Å². The molecule has 0 aliphatic carbocycles. The highest BCUT2D eigenvalue weighted by atomic mass is 35.5. The van der Waals surface area contributed by atoms with E-state index in [9.17, 15) is 0 Å². The molecule has 4 nitrogen and oxygen atoms in total. The molecule has 2 aliphatic rings. The number of hydrogen-bond acceptors (Lipinski definition) is 4. The van der Waals surface area contributed by atoms with Gasteiger partial charge in [-0.3, -0.25) is 0 Å². The van der Waals surface area contributed by atoms with Crippen LogP contribution in [0.3, 0.4) is 0 Å². The normalized spacial score (nSPS) is 11.9. The summed E-state index contributed by atoms with van der Waals surface area (Å²) in [6, 6.07) is 108. The van der Waals surface area contributed by atoms with Crippen molar-refractivity contribution >= 4 is 103 Å². The number of anilines is 12. The van der Waals surface area contributed by atoms with Crippen LogP contribution in [0.1, 0.15) is 11.1 Å². The summed E-state index contributed by atoms with van der Waals surface area (Å²) < 4.78 is 0. The van der Waals surface area contributed by atoms with Crippen molar-refractivity contribution in [3.05, 3.63) is 319 Å². The van der Waals surface area contributed by atoms with Gasteiger partial charge in [0.05, 0.1) is 16.4 Å². The molecule has 2 aliphatic heterocycles. The van der Waals surface area contributed by atoms with E-state index >= 15 is 0 Å². The maximum Gasteiger partial charge on any atom is 0.252 e. The molecule has 12 aromatic carbocycles. The standard InChI is InChI=1S/C37H27BN2.C37H29ClN2/c1-26-20-22-27(23-21-26)28-24-35-37-36(25-28)40(30-14-6-3-7-15-30)34-19-11-9-17-32(34)38(37)31-16-8-10-18-33(31)39(35)29-12-4-2-5-13-29;1-28-22-24-29(25-23-28)30-26-35(39(31-14-6-2-7-15-31)32-16-8-3-9-17-32)37(38)36(27-30)40(33-18-10-4-11-19-33)34-20-12-5-13-21-34/h2-25H,1H3;2-27H,1H3. The Morgan fingerprint density at radius 2 is 0.600 bits per heavy atom. The largest absolute Gasteiger partial charge is 0.311 e. The zero-order valence-corrected chi connectivity index (χ0v) is 45.4. The first kappa shape index (κ1) is 49.7. The Morgan fingerprint density at radius 1 is 0.300 bits per heavy atom. The molecular formula is C74H56BClN4. The van der Waals surface area contributed by atoms with Crippen molar-refractivity contribution in [3.63, 3.8) is 0 Å². The fourth-order valence-electron chi connectivity index (χ4n) is 11.5. The van der Waals surface area contributed by atoms with Gasteiger partial charge in [0.25, 0.3) is 6.71 Å². The Morgan fingerprint density at radius 3 is 0.950 bits per heavy atom. The molecule has 0 bridgehead atoms. The predicted molar refractivity (Wildman–Crippen MR) is 342 cm³/mol.